The van der Waals surface area contributed by atoms with Crippen molar-refractivity contribution < 1.29 is 4.74 Å². The first kappa shape index (κ1) is 15.3. The summed E-state index contributed by atoms with van der Waals surface area (Å²) in [5.41, 5.74) is 6.99. The topological polar surface area (TPSA) is 60.2 Å². The molecule has 0 saturated heterocycles. The molecule has 2 rings (SSSR count). The highest BCUT2D eigenvalue weighted by Gasteiger charge is 2.42. The minimum atomic E-state index is -0.167. The summed E-state index contributed by atoms with van der Waals surface area (Å²) in [4.78, 5) is 4.24. The van der Waals surface area contributed by atoms with Gasteiger partial charge in [-0.2, -0.15) is 0 Å². The zero-order valence-electron chi connectivity index (χ0n) is 12.9. The molecule has 3 N–H and O–H groups in total. The highest BCUT2D eigenvalue weighted by atomic mass is 16.5. The summed E-state index contributed by atoms with van der Waals surface area (Å²) < 4.78 is 6.01. The number of hydrogen-bond donors (Lipinski definition) is 2. The third-order valence-electron chi connectivity index (χ3n) is 4.64. The van der Waals surface area contributed by atoms with E-state index in [4.69, 9.17) is 10.5 Å². The molecule has 1 aromatic heterocycles. The van der Waals surface area contributed by atoms with Gasteiger partial charge in [0.15, 0.2) is 0 Å². The van der Waals surface area contributed by atoms with Gasteiger partial charge in [0.2, 0.25) is 0 Å². The van der Waals surface area contributed by atoms with Crippen LogP contribution < -0.4 is 11.1 Å². The molecule has 1 heterocycles. The molecule has 112 valence electrons. The standard InChI is InChI=1S/C16H27N3O/c1-4-18-14(13-6-5-11-19-15(13)17)16(20-3)9-7-12(2)8-10-16/h5-6,11-12,14,18H,4,7-10H2,1-3H3,(H2,17,19). The summed E-state index contributed by atoms with van der Waals surface area (Å²) >= 11 is 0. The molecule has 4 heteroatoms. The predicted molar refractivity (Wildman–Crippen MR) is 82.4 cm³/mol. The van der Waals surface area contributed by atoms with Crippen LogP contribution in [0, 0.1) is 5.92 Å². The molecule has 0 amide bonds. The van der Waals surface area contributed by atoms with Crippen LogP contribution in [0.2, 0.25) is 0 Å². The molecule has 0 bridgehead atoms. The Balaban J connectivity index is 2.33. The van der Waals surface area contributed by atoms with Gasteiger partial charge < -0.3 is 15.8 Å². The summed E-state index contributed by atoms with van der Waals surface area (Å²) in [5.74, 6) is 1.39. The van der Waals surface area contributed by atoms with Gasteiger partial charge in [0.1, 0.15) is 5.82 Å². The second-order valence-electron chi connectivity index (χ2n) is 5.92. The maximum atomic E-state index is 6.09. The van der Waals surface area contributed by atoms with Crippen molar-refractivity contribution in [2.24, 2.45) is 5.92 Å². The first-order valence-corrected chi connectivity index (χ1v) is 7.62. The Labute approximate surface area is 122 Å². The number of nitrogens with one attached hydrogen (secondary N) is 1. The Kier molecular flexibility index (Phi) is 5.00. The maximum Gasteiger partial charge on any atom is 0.128 e. The number of nitrogen functional groups attached to an aromatic ring is 1. The van der Waals surface area contributed by atoms with E-state index in [2.05, 4.69) is 30.2 Å². The molecule has 0 aliphatic heterocycles. The lowest BCUT2D eigenvalue weighted by atomic mass is 9.73. The van der Waals surface area contributed by atoms with Crippen molar-refractivity contribution in [2.75, 3.05) is 19.4 Å². The third kappa shape index (κ3) is 2.96. The van der Waals surface area contributed by atoms with Crippen LogP contribution in [0.15, 0.2) is 18.3 Å². The molecular formula is C16H27N3O. The van der Waals surface area contributed by atoms with E-state index < -0.39 is 0 Å². The van der Waals surface area contributed by atoms with Gasteiger partial charge in [-0.1, -0.05) is 19.9 Å². The van der Waals surface area contributed by atoms with Crippen LogP contribution in [0.25, 0.3) is 0 Å². The molecule has 1 fully saturated rings. The number of nitrogens with two attached hydrogens (primary N) is 1. The molecule has 1 aromatic rings. The van der Waals surface area contributed by atoms with Gasteiger partial charge in [-0.05, 0) is 44.2 Å². The second-order valence-corrected chi connectivity index (χ2v) is 5.92. The molecule has 1 saturated carbocycles. The van der Waals surface area contributed by atoms with E-state index in [1.54, 1.807) is 6.20 Å². The molecule has 1 aliphatic rings. The normalized spacial score (nSPS) is 28.2. The van der Waals surface area contributed by atoms with Gasteiger partial charge in [0.05, 0.1) is 11.6 Å². The molecule has 1 atom stereocenters. The fourth-order valence-corrected chi connectivity index (χ4v) is 3.32. The molecule has 1 unspecified atom stereocenters. The van der Waals surface area contributed by atoms with Crippen LogP contribution in [-0.2, 0) is 4.74 Å². The van der Waals surface area contributed by atoms with E-state index in [0.29, 0.717) is 5.82 Å². The minimum absolute atomic E-state index is 0.110. The average Bonchev–Trinajstić information content (AvgIpc) is 2.47. The zero-order valence-corrected chi connectivity index (χ0v) is 12.9. The summed E-state index contributed by atoms with van der Waals surface area (Å²) in [6, 6.07) is 4.12. The Morgan fingerprint density at radius 2 is 2.20 bits per heavy atom. The number of anilines is 1. The number of likely N-dealkylation sites (N-methyl/N-ethyl adjacent to an activating group) is 1. The molecule has 20 heavy (non-hydrogen) atoms. The van der Waals surface area contributed by atoms with E-state index in [-0.39, 0.29) is 11.6 Å². The van der Waals surface area contributed by atoms with Gasteiger partial charge in [0.25, 0.3) is 0 Å². The van der Waals surface area contributed by atoms with Crippen LogP contribution in [0.3, 0.4) is 0 Å². The Hall–Kier alpha value is -1.13. The van der Waals surface area contributed by atoms with Crippen LogP contribution in [-0.4, -0.2) is 24.2 Å². The highest BCUT2D eigenvalue weighted by Crippen LogP contribution is 2.43. The Bertz CT molecular complexity index is 427. The largest absolute Gasteiger partial charge is 0.383 e. The van der Waals surface area contributed by atoms with Crippen molar-refractivity contribution in [1.29, 1.82) is 0 Å². The van der Waals surface area contributed by atoms with E-state index >= 15 is 0 Å². The first-order chi connectivity index (χ1) is 9.63. The summed E-state index contributed by atoms with van der Waals surface area (Å²) in [6.45, 7) is 5.33. The number of hydrogen-bond acceptors (Lipinski definition) is 4. The number of rotatable bonds is 5. The quantitative estimate of drug-likeness (QED) is 0.869. The smallest absolute Gasteiger partial charge is 0.128 e. The number of ether oxygens (including phenoxy) is 1. The van der Waals surface area contributed by atoms with Crippen molar-refractivity contribution >= 4 is 5.82 Å². The fourth-order valence-electron chi connectivity index (χ4n) is 3.32. The van der Waals surface area contributed by atoms with Gasteiger partial charge in [-0.15, -0.1) is 0 Å². The molecular weight excluding hydrogens is 250 g/mol. The van der Waals surface area contributed by atoms with Crippen LogP contribution >= 0.6 is 0 Å². The minimum Gasteiger partial charge on any atom is -0.383 e. The number of pyridine rings is 1. The van der Waals surface area contributed by atoms with Crippen molar-refractivity contribution in [3.05, 3.63) is 23.9 Å². The fraction of sp³-hybridized carbons (Fsp3) is 0.688. The van der Waals surface area contributed by atoms with E-state index in [1.807, 2.05) is 13.2 Å². The van der Waals surface area contributed by atoms with E-state index in [1.165, 1.54) is 12.8 Å². The monoisotopic (exact) mass is 277 g/mol. The highest BCUT2D eigenvalue weighted by molar-refractivity contribution is 5.42. The van der Waals surface area contributed by atoms with Crippen molar-refractivity contribution in [2.45, 2.75) is 51.2 Å². The van der Waals surface area contributed by atoms with Crippen molar-refractivity contribution in [3.8, 4) is 0 Å². The number of aromatic nitrogens is 1. The Morgan fingerprint density at radius 3 is 2.75 bits per heavy atom. The van der Waals surface area contributed by atoms with Gasteiger partial charge in [0, 0.05) is 18.9 Å². The molecule has 0 spiro atoms. The van der Waals surface area contributed by atoms with Crippen LogP contribution in [0.4, 0.5) is 5.82 Å². The van der Waals surface area contributed by atoms with Gasteiger partial charge >= 0.3 is 0 Å². The lowest BCUT2D eigenvalue weighted by Crippen LogP contribution is -2.48. The SMILES string of the molecule is CCNC(c1cccnc1N)C1(OC)CCC(C)CC1. The van der Waals surface area contributed by atoms with Crippen LogP contribution in [0.5, 0.6) is 0 Å². The molecule has 0 aromatic carbocycles. The Morgan fingerprint density at radius 1 is 1.50 bits per heavy atom. The summed E-state index contributed by atoms with van der Waals surface area (Å²) in [5, 5.41) is 3.57. The van der Waals surface area contributed by atoms with E-state index in [9.17, 15) is 0 Å². The van der Waals surface area contributed by atoms with E-state index in [0.717, 1.165) is 30.9 Å². The van der Waals surface area contributed by atoms with Crippen molar-refractivity contribution in [1.82, 2.24) is 10.3 Å². The van der Waals surface area contributed by atoms with Crippen LogP contribution in [0.1, 0.15) is 51.1 Å². The molecule has 4 nitrogen and oxygen atoms in total. The first-order valence-electron chi connectivity index (χ1n) is 7.62. The zero-order chi connectivity index (χ0) is 14.6. The maximum absolute atomic E-state index is 6.09. The molecule has 0 radical (unpaired) electrons. The predicted octanol–water partition coefficient (Wildman–Crippen LogP) is 2.91. The average molecular weight is 277 g/mol. The lowest BCUT2D eigenvalue weighted by molar-refractivity contribution is -0.0756. The van der Waals surface area contributed by atoms with Crippen molar-refractivity contribution in [3.63, 3.8) is 0 Å². The summed E-state index contributed by atoms with van der Waals surface area (Å²) in [7, 11) is 1.83. The second kappa shape index (κ2) is 6.55. The number of methoxy groups -OCH3 is 1. The third-order valence-corrected chi connectivity index (χ3v) is 4.64. The van der Waals surface area contributed by atoms with Gasteiger partial charge in [-0.25, -0.2) is 4.98 Å². The number of nitrogens with zero attached hydrogens (tertiary/aromatic N) is 1. The van der Waals surface area contributed by atoms with Gasteiger partial charge in [-0.3, -0.25) is 0 Å². The lowest BCUT2D eigenvalue weighted by Gasteiger charge is -2.44. The summed E-state index contributed by atoms with van der Waals surface area (Å²) in [6.07, 6.45) is 6.28. The molecule has 1 aliphatic carbocycles.